The Balaban J connectivity index is 1.48. The summed E-state index contributed by atoms with van der Waals surface area (Å²) in [4.78, 5) is 4.44. The molecule has 27 heavy (non-hydrogen) atoms. The van der Waals surface area contributed by atoms with Gasteiger partial charge in [-0.2, -0.15) is 10.1 Å². The molecule has 0 aliphatic rings. The van der Waals surface area contributed by atoms with Gasteiger partial charge in [0.1, 0.15) is 11.5 Å². The minimum atomic E-state index is 0.486. The number of hydrogen-bond donors (Lipinski definition) is 2. The van der Waals surface area contributed by atoms with Gasteiger partial charge >= 0.3 is 0 Å². The first kappa shape index (κ1) is 18.4. The highest BCUT2D eigenvalue weighted by atomic mass is 16.5. The average molecular weight is 365 g/mol. The van der Waals surface area contributed by atoms with Gasteiger partial charge in [0, 0.05) is 13.1 Å². The van der Waals surface area contributed by atoms with E-state index in [4.69, 9.17) is 9.47 Å². The number of ether oxygens (including phenoxy) is 2. The second-order valence-corrected chi connectivity index (χ2v) is 5.89. The number of aromatic nitrogens is 3. The van der Waals surface area contributed by atoms with Crippen molar-refractivity contribution in [2.75, 3.05) is 31.4 Å². The van der Waals surface area contributed by atoms with Gasteiger partial charge in [-0.1, -0.05) is 24.3 Å². The van der Waals surface area contributed by atoms with Gasteiger partial charge in [-0.25, -0.2) is 0 Å². The van der Waals surface area contributed by atoms with Crippen molar-refractivity contribution >= 4 is 11.8 Å². The molecule has 1 heterocycles. The largest absolute Gasteiger partial charge is 0.497 e. The minimum absolute atomic E-state index is 0.486. The lowest BCUT2D eigenvalue weighted by atomic mass is 10.1. The maximum absolute atomic E-state index is 5.17. The van der Waals surface area contributed by atoms with Crippen molar-refractivity contribution in [3.8, 4) is 11.5 Å². The molecule has 0 saturated carbocycles. The quantitative estimate of drug-likeness (QED) is 0.603. The Hall–Kier alpha value is -3.35. The molecule has 2 aromatic carbocycles. The highest BCUT2D eigenvalue weighted by Gasteiger charge is 2.02. The molecular weight excluding hydrogens is 342 g/mol. The van der Waals surface area contributed by atoms with Gasteiger partial charge in [0.25, 0.3) is 0 Å². The van der Waals surface area contributed by atoms with Crippen LogP contribution in [0.15, 0.2) is 54.7 Å². The van der Waals surface area contributed by atoms with Crippen molar-refractivity contribution in [3.05, 3.63) is 65.9 Å². The van der Waals surface area contributed by atoms with E-state index in [1.165, 1.54) is 5.56 Å². The summed E-state index contributed by atoms with van der Waals surface area (Å²) in [5.74, 6) is 2.87. The van der Waals surface area contributed by atoms with E-state index < -0.39 is 0 Å². The fraction of sp³-hybridized carbons (Fsp3) is 0.250. The van der Waals surface area contributed by atoms with Crippen LogP contribution < -0.4 is 20.1 Å². The van der Waals surface area contributed by atoms with Gasteiger partial charge in [0.2, 0.25) is 5.95 Å². The van der Waals surface area contributed by atoms with Gasteiger partial charge in [-0.3, -0.25) is 0 Å². The van der Waals surface area contributed by atoms with Crippen molar-refractivity contribution in [2.24, 2.45) is 0 Å². The highest BCUT2D eigenvalue weighted by molar-refractivity contribution is 5.38. The van der Waals surface area contributed by atoms with Crippen LogP contribution in [0.1, 0.15) is 11.1 Å². The van der Waals surface area contributed by atoms with Crippen molar-refractivity contribution in [2.45, 2.75) is 13.0 Å². The van der Waals surface area contributed by atoms with Gasteiger partial charge in [0.05, 0.1) is 20.4 Å². The SMILES string of the molecule is COc1ccc(CCNc2cnnc(NCc3ccc(OC)cc3)n2)cc1. The summed E-state index contributed by atoms with van der Waals surface area (Å²) < 4.78 is 10.3. The second kappa shape index (κ2) is 9.38. The third kappa shape index (κ3) is 5.57. The topological polar surface area (TPSA) is 81.2 Å². The van der Waals surface area contributed by atoms with Gasteiger partial charge in [0.15, 0.2) is 5.82 Å². The van der Waals surface area contributed by atoms with E-state index >= 15 is 0 Å². The Morgan fingerprint density at radius 1 is 0.815 bits per heavy atom. The van der Waals surface area contributed by atoms with E-state index in [0.29, 0.717) is 18.3 Å². The molecule has 0 fully saturated rings. The molecule has 0 radical (unpaired) electrons. The summed E-state index contributed by atoms with van der Waals surface area (Å²) in [6, 6.07) is 15.9. The van der Waals surface area contributed by atoms with Gasteiger partial charge < -0.3 is 20.1 Å². The van der Waals surface area contributed by atoms with Crippen LogP contribution in [0.4, 0.5) is 11.8 Å². The Morgan fingerprint density at radius 3 is 2.07 bits per heavy atom. The number of nitrogens with one attached hydrogen (secondary N) is 2. The van der Waals surface area contributed by atoms with E-state index in [9.17, 15) is 0 Å². The molecule has 0 bridgehead atoms. The van der Waals surface area contributed by atoms with E-state index in [1.54, 1.807) is 20.4 Å². The maximum atomic E-state index is 5.17. The first-order chi connectivity index (χ1) is 13.3. The lowest BCUT2D eigenvalue weighted by Gasteiger charge is -2.08. The first-order valence-electron chi connectivity index (χ1n) is 8.70. The van der Waals surface area contributed by atoms with Crippen molar-refractivity contribution < 1.29 is 9.47 Å². The summed E-state index contributed by atoms with van der Waals surface area (Å²) >= 11 is 0. The molecule has 3 aromatic rings. The lowest BCUT2D eigenvalue weighted by Crippen LogP contribution is -2.10. The number of nitrogens with zero attached hydrogens (tertiary/aromatic N) is 3. The normalized spacial score (nSPS) is 10.3. The molecule has 0 amide bonds. The number of methoxy groups -OCH3 is 2. The molecule has 2 N–H and O–H groups in total. The van der Waals surface area contributed by atoms with Crippen LogP contribution in [0.2, 0.25) is 0 Å². The van der Waals surface area contributed by atoms with Crippen molar-refractivity contribution in [3.63, 3.8) is 0 Å². The minimum Gasteiger partial charge on any atom is -0.497 e. The van der Waals surface area contributed by atoms with Crippen LogP contribution in [0.25, 0.3) is 0 Å². The van der Waals surface area contributed by atoms with Crippen LogP contribution in [-0.2, 0) is 13.0 Å². The zero-order valence-corrected chi connectivity index (χ0v) is 15.5. The zero-order chi connectivity index (χ0) is 18.9. The fourth-order valence-corrected chi connectivity index (χ4v) is 2.52. The summed E-state index contributed by atoms with van der Waals surface area (Å²) in [5, 5.41) is 14.5. The molecule has 140 valence electrons. The molecule has 7 heteroatoms. The van der Waals surface area contributed by atoms with Crippen LogP contribution in [0, 0.1) is 0 Å². The number of rotatable bonds is 9. The monoisotopic (exact) mass is 365 g/mol. The Kier molecular flexibility index (Phi) is 6.40. The molecule has 7 nitrogen and oxygen atoms in total. The molecule has 0 aliphatic heterocycles. The fourth-order valence-electron chi connectivity index (χ4n) is 2.52. The Morgan fingerprint density at radius 2 is 1.44 bits per heavy atom. The van der Waals surface area contributed by atoms with E-state index in [0.717, 1.165) is 30.0 Å². The number of benzene rings is 2. The van der Waals surface area contributed by atoms with Crippen LogP contribution in [0.3, 0.4) is 0 Å². The predicted octanol–water partition coefficient (Wildman–Crippen LogP) is 3.16. The standard InChI is InChI=1S/C20H23N5O2/c1-26-17-7-3-15(4-8-17)11-12-21-19-14-23-25-20(24-19)22-13-16-5-9-18(27-2)10-6-16/h3-10,14H,11-13H2,1-2H3,(H2,21,22,24,25). The summed E-state index contributed by atoms with van der Waals surface area (Å²) in [6.07, 6.45) is 2.50. The molecule has 3 rings (SSSR count). The van der Waals surface area contributed by atoms with Crippen molar-refractivity contribution in [1.29, 1.82) is 0 Å². The predicted molar refractivity (Wildman–Crippen MR) is 105 cm³/mol. The third-order valence-electron chi connectivity index (χ3n) is 4.05. The molecular formula is C20H23N5O2. The van der Waals surface area contributed by atoms with Gasteiger partial charge in [-0.05, 0) is 41.8 Å². The number of anilines is 2. The summed E-state index contributed by atoms with van der Waals surface area (Å²) in [5.41, 5.74) is 2.33. The van der Waals surface area contributed by atoms with Gasteiger partial charge in [-0.15, -0.1) is 5.10 Å². The first-order valence-corrected chi connectivity index (χ1v) is 8.70. The van der Waals surface area contributed by atoms with E-state index in [-0.39, 0.29) is 0 Å². The molecule has 0 aliphatic carbocycles. The second-order valence-electron chi connectivity index (χ2n) is 5.89. The van der Waals surface area contributed by atoms with Crippen LogP contribution in [0.5, 0.6) is 11.5 Å². The van der Waals surface area contributed by atoms with Crippen LogP contribution in [-0.4, -0.2) is 35.9 Å². The molecule has 0 atom stereocenters. The Labute approximate surface area is 158 Å². The number of hydrogen-bond acceptors (Lipinski definition) is 7. The third-order valence-corrected chi connectivity index (χ3v) is 4.05. The molecule has 0 unspecified atom stereocenters. The lowest BCUT2D eigenvalue weighted by molar-refractivity contribution is 0.414. The maximum Gasteiger partial charge on any atom is 0.244 e. The average Bonchev–Trinajstić information content (AvgIpc) is 2.73. The van der Waals surface area contributed by atoms with Crippen molar-refractivity contribution in [1.82, 2.24) is 15.2 Å². The molecule has 1 aromatic heterocycles. The zero-order valence-electron chi connectivity index (χ0n) is 15.5. The van der Waals surface area contributed by atoms with E-state index in [1.807, 2.05) is 36.4 Å². The molecule has 0 spiro atoms. The van der Waals surface area contributed by atoms with E-state index in [2.05, 4.69) is 37.9 Å². The smallest absolute Gasteiger partial charge is 0.244 e. The highest BCUT2D eigenvalue weighted by Crippen LogP contribution is 2.13. The Bertz CT molecular complexity index is 838. The molecule has 0 saturated heterocycles. The van der Waals surface area contributed by atoms with Crippen LogP contribution >= 0.6 is 0 Å². The summed E-state index contributed by atoms with van der Waals surface area (Å²) in [6.45, 7) is 1.36. The summed E-state index contributed by atoms with van der Waals surface area (Å²) in [7, 11) is 3.32.